The van der Waals surface area contributed by atoms with E-state index in [1.165, 1.54) is 0 Å². The van der Waals surface area contributed by atoms with Crippen molar-refractivity contribution >= 4 is 45.9 Å². The molecular formula is C15H11ClINO2. The predicted octanol–water partition coefficient (Wildman–Crippen LogP) is 3.56. The standard InChI is InChI=1S/C15H11ClINO2/c16-12-8-11(6-7-13(12)17)15(20)18-9-14(19)10-4-2-1-3-5-10/h1-8H,9H2,(H,18,20). The van der Waals surface area contributed by atoms with Gasteiger partial charge in [0.05, 0.1) is 11.6 Å². The third kappa shape index (κ3) is 3.80. The summed E-state index contributed by atoms with van der Waals surface area (Å²) >= 11 is 8.05. The molecule has 0 unspecified atom stereocenters. The molecule has 0 radical (unpaired) electrons. The van der Waals surface area contributed by atoms with E-state index < -0.39 is 0 Å². The van der Waals surface area contributed by atoms with E-state index in [-0.39, 0.29) is 18.2 Å². The molecule has 0 saturated heterocycles. The van der Waals surface area contributed by atoms with Crippen molar-refractivity contribution < 1.29 is 9.59 Å². The summed E-state index contributed by atoms with van der Waals surface area (Å²) in [5, 5.41) is 3.12. The van der Waals surface area contributed by atoms with Crippen molar-refractivity contribution in [3.63, 3.8) is 0 Å². The molecule has 0 aromatic heterocycles. The summed E-state index contributed by atoms with van der Waals surface area (Å²) in [6.07, 6.45) is 0. The lowest BCUT2D eigenvalue weighted by Gasteiger charge is -2.06. The van der Waals surface area contributed by atoms with E-state index in [0.717, 1.165) is 3.57 Å². The molecule has 0 spiro atoms. The van der Waals surface area contributed by atoms with Crippen LogP contribution in [-0.2, 0) is 0 Å². The molecule has 0 aliphatic rings. The predicted molar refractivity (Wildman–Crippen MR) is 87.3 cm³/mol. The van der Waals surface area contributed by atoms with Gasteiger partial charge in [0, 0.05) is 14.7 Å². The van der Waals surface area contributed by atoms with Crippen LogP contribution < -0.4 is 5.32 Å². The van der Waals surface area contributed by atoms with Crippen LogP contribution in [0.1, 0.15) is 20.7 Å². The number of carbonyl (C=O) groups excluding carboxylic acids is 2. The van der Waals surface area contributed by atoms with Gasteiger partial charge in [-0.2, -0.15) is 0 Å². The van der Waals surface area contributed by atoms with Gasteiger partial charge < -0.3 is 5.32 Å². The van der Waals surface area contributed by atoms with Crippen molar-refractivity contribution in [1.82, 2.24) is 5.32 Å². The minimum Gasteiger partial charge on any atom is -0.345 e. The number of hydrogen-bond donors (Lipinski definition) is 1. The molecule has 2 aromatic carbocycles. The Kier molecular flexibility index (Phi) is 5.14. The number of ketones is 1. The van der Waals surface area contributed by atoms with Crippen molar-refractivity contribution in [1.29, 1.82) is 0 Å². The number of nitrogens with one attached hydrogen (secondary N) is 1. The molecule has 1 amide bonds. The lowest BCUT2D eigenvalue weighted by atomic mass is 10.1. The van der Waals surface area contributed by atoms with Crippen LogP contribution >= 0.6 is 34.2 Å². The molecule has 5 heteroatoms. The normalized spacial score (nSPS) is 10.1. The van der Waals surface area contributed by atoms with Gasteiger partial charge >= 0.3 is 0 Å². The number of Topliss-reactive ketones (excluding diaryl/α,β-unsaturated/α-hetero) is 1. The molecule has 0 saturated carbocycles. The Labute approximate surface area is 135 Å². The molecule has 2 rings (SSSR count). The molecule has 1 N–H and O–H groups in total. The van der Waals surface area contributed by atoms with Gasteiger partial charge in [-0.3, -0.25) is 9.59 Å². The van der Waals surface area contributed by atoms with E-state index in [9.17, 15) is 9.59 Å². The van der Waals surface area contributed by atoms with Gasteiger partial charge in [0.2, 0.25) is 0 Å². The fourth-order valence-corrected chi connectivity index (χ4v) is 2.14. The Morgan fingerprint density at radius 1 is 1.05 bits per heavy atom. The van der Waals surface area contributed by atoms with Crippen LogP contribution in [0.5, 0.6) is 0 Å². The Balaban J connectivity index is 1.98. The zero-order valence-corrected chi connectivity index (χ0v) is 13.3. The zero-order valence-electron chi connectivity index (χ0n) is 10.4. The van der Waals surface area contributed by atoms with Gasteiger partial charge in [-0.05, 0) is 40.8 Å². The van der Waals surface area contributed by atoms with Crippen LogP contribution in [0.3, 0.4) is 0 Å². The highest BCUT2D eigenvalue weighted by atomic mass is 127. The average Bonchev–Trinajstić information content (AvgIpc) is 2.48. The van der Waals surface area contributed by atoms with E-state index in [1.54, 1.807) is 42.5 Å². The zero-order chi connectivity index (χ0) is 14.5. The van der Waals surface area contributed by atoms with Crippen LogP contribution in [-0.4, -0.2) is 18.2 Å². The fraction of sp³-hybridized carbons (Fsp3) is 0.0667. The van der Waals surface area contributed by atoms with Gasteiger partial charge in [0.1, 0.15) is 0 Å². The molecule has 20 heavy (non-hydrogen) atoms. The smallest absolute Gasteiger partial charge is 0.251 e. The molecule has 0 bridgehead atoms. The number of amides is 1. The number of rotatable bonds is 4. The summed E-state index contributed by atoms with van der Waals surface area (Å²) in [5.74, 6) is -0.442. The van der Waals surface area contributed by atoms with Crippen molar-refractivity contribution in [3.8, 4) is 0 Å². The maximum Gasteiger partial charge on any atom is 0.251 e. The second-order valence-corrected chi connectivity index (χ2v) is 5.67. The fourth-order valence-electron chi connectivity index (χ4n) is 1.63. The van der Waals surface area contributed by atoms with Crippen LogP contribution in [0.15, 0.2) is 48.5 Å². The summed E-state index contributed by atoms with van der Waals surface area (Å²) in [4.78, 5) is 23.8. The first-order valence-electron chi connectivity index (χ1n) is 5.89. The molecule has 0 atom stereocenters. The first-order chi connectivity index (χ1) is 9.58. The average molecular weight is 400 g/mol. The first kappa shape index (κ1) is 15.0. The number of benzene rings is 2. The van der Waals surface area contributed by atoms with Crippen molar-refractivity contribution in [2.24, 2.45) is 0 Å². The summed E-state index contributed by atoms with van der Waals surface area (Å²) in [6.45, 7) is -0.0353. The molecule has 2 aromatic rings. The van der Waals surface area contributed by atoms with Gasteiger partial charge in [-0.25, -0.2) is 0 Å². The van der Waals surface area contributed by atoms with Crippen molar-refractivity contribution in [2.75, 3.05) is 6.54 Å². The first-order valence-corrected chi connectivity index (χ1v) is 7.35. The lowest BCUT2D eigenvalue weighted by Crippen LogP contribution is -2.29. The van der Waals surface area contributed by atoms with Crippen LogP contribution in [0.2, 0.25) is 5.02 Å². The molecule has 0 fully saturated rings. The van der Waals surface area contributed by atoms with E-state index in [2.05, 4.69) is 27.9 Å². The van der Waals surface area contributed by atoms with Crippen LogP contribution in [0.25, 0.3) is 0 Å². The second-order valence-electron chi connectivity index (χ2n) is 4.10. The highest BCUT2D eigenvalue weighted by Gasteiger charge is 2.10. The topological polar surface area (TPSA) is 46.2 Å². The van der Waals surface area contributed by atoms with E-state index >= 15 is 0 Å². The number of halogens is 2. The van der Waals surface area contributed by atoms with Crippen molar-refractivity contribution in [2.45, 2.75) is 0 Å². The van der Waals surface area contributed by atoms with E-state index in [1.807, 2.05) is 6.07 Å². The van der Waals surface area contributed by atoms with Gasteiger partial charge in [0.25, 0.3) is 5.91 Å². The molecule has 0 heterocycles. The Morgan fingerprint density at radius 3 is 2.40 bits per heavy atom. The molecule has 0 aliphatic carbocycles. The number of hydrogen-bond acceptors (Lipinski definition) is 2. The maximum atomic E-state index is 11.9. The third-order valence-corrected chi connectivity index (χ3v) is 4.26. The third-order valence-electron chi connectivity index (χ3n) is 2.69. The molecular weight excluding hydrogens is 389 g/mol. The SMILES string of the molecule is O=C(CNC(=O)c1ccc(I)c(Cl)c1)c1ccccc1. The summed E-state index contributed by atoms with van der Waals surface area (Å²) in [5.41, 5.74) is 1.02. The molecule has 0 aliphatic heterocycles. The van der Waals surface area contributed by atoms with Crippen molar-refractivity contribution in [3.05, 3.63) is 68.3 Å². The quantitative estimate of drug-likeness (QED) is 0.631. The summed E-state index contributed by atoms with van der Waals surface area (Å²) in [6, 6.07) is 13.9. The van der Waals surface area contributed by atoms with Gasteiger partial charge in [-0.1, -0.05) is 41.9 Å². The van der Waals surface area contributed by atoms with E-state index in [0.29, 0.717) is 16.1 Å². The van der Waals surface area contributed by atoms with E-state index in [4.69, 9.17) is 11.6 Å². The monoisotopic (exact) mass is 399 g/mol. The Bertz CT molecular complexity index is 644. The maximum absolute atomic E-state index is 11.9. The highest BCUT2D eigenvalue weighted by molar-refractivity contribution is 14.1. The second kappa shape index (κ2) is 6.85. The minimum atomic E-state index is -0.312. The van der Waals surface area contributed by atoms with Gasteiger partial charge in [-0.15, -0.1) is 0 Å². The van der Waals surface area contributed by atoms with Crippen LogP contribution in [0, 0.1) is 3.57 Å². The lowest BCUT2D eigenvalue weighted by molar-refractivity contribution is 0.0904. The van der Waals surface area contributed by atoms with Gasteiger partial charge in [0.15, 0.2) is 5.78 Å². The summed E-state index contributed by atoms with van der Waals surface area (Å²) < 4.78 is 0.876. The summed E-state index contributed by atoms with van der Waals surface area (Å²) in [7, 11) is 0. The Hall–Kier alpha value is -1.40. The largest absolute Gasteiger partial charge is 0.345 e. The Morgan fingerprint density at radius 2 is 1.75 bits per heavy atom. The highest BCUT2D eigenvalue weighted by Crippen LogP contribution is 2.19. The molecule has 3 nitrogen and oxygen atoms in total. The number of carbonyl (C=O) groups is 2. The molecule has 102 valence electrons. The minimum absolute atomic E-state index is 0.0353. The van der Waals surface area contributed by atoms with Crippen LogP contribution in [0.4, 0.5) is 0 Å².